The summed E-state index contributed by atoms with van der Waals surface area (Å²) in [7, 11) is 3.19. The molecule has 0 aromatic heterocycles. The molecule has 0 unspecified atom stereocenters. The van der Waals surface area contributed by atoms with Crippen LogP contribution >= 0.6 is 23.5 Å². The first-order chi connectivity index (χ1) is 23.5. The normalized spacial score (nSPS) is 17.8. The van der Waals surface area contributed by atoms with Crippen LogP contribution in [0.2, 0.25) is 0 Å². The van der Waals surface area contributed by atoms with Crippen LogP contribution in [0, 0.1) is 0 Å². The molecule has 0 amide bonds. The van der Waals surface area contributed by atoms with E-state index in [4.69, 9.17) is 28.4 Å². The largest absolute Gasteiger partial charge is 0.494 e. The van der Waals surface area contributed by atoms with Crippen molar-refractivity contribution in [2.75, 3.05) is 58.3 Å². The summed E-state index contributed by atoms with van der Waals surface area (Å²) in [6.07, 6.45) is -5.21. The molecule has 2 atom stereocenters. The van der Waals surface area contributed by atoms with Crippen molar-refractivity contribution in [3.63, 3.8) is 0 Å². The molecule has 0 fully saturated rings. The summed E-state index contributed by atoms with van der Waals surface area (Å²) in [6, 6.07) is 21.7. The number of thioether (sulfide) groups is 2. The molecule has 0 spiro atoms. The fourth-order valence-corrected chi connectivity index (χ4v) is 7.75. The van der Waals surface area contributed by atoms with Gasteiger partial charge in [-0.1, -0.05) is 25.1 Å². The Labute approximate surface area is 293 Å². The van der Waals surface area contributed by atoms with E-state index in [-0.39, 0.29) is 37.1 Å². The maximum Gasteiger partial charge on any atom is 0.453 e. The molecule has 270 valence electrons. The number of hydrogen-bond donors (Lipinski definition) is 0. The van der Waals surface area contributed by atoms with Crippen molar-refractivity contribution >= 4 is 23.5 Å². The van der Waals surface area contributed by atoms with Gasteiger partial charge in [0, 0.05) is 42.5 Å². The van der Waals surface area contributed by atoms with Crippen molar-refractivity contribution in [3.8, 4) is 23.0 Å². The summed E-state index contributed by atoms with van der Waals surface area (Å²) in [5, 5.41) is 0. The summed E-state index contributed by atoms with van der Waals surface area (Å²) < 4.78 is 96.0. The molecule has 0 bridgehead atoms. The predicted molar refractivity (Wildman–Crippen MR) is 183 cm³/mol. The maximum atomic E-state index is 13.0. The Kier molecular flexibility index (Phi) is 14.6. The van der Waals surface area contributed by atoms with Gasteiger partial charge in [-0.15, -0.1) is 11.8 Å². The molecule has 0 saturated carbocycles. The molecule has 0 aliphatic carbocycles. The minimum atomic E-state index is -5.50. The fraction of sp³-hybridized carbons (Fsp3) is 0.500. The molecule has 1 aliphatic heterocycles. The molecule has 0 radical (unpaired) electrons. The third-order valence-electron chi connectivity index (χ3n) is 8.28. The van der Waals surface area contributed by atoms with Crippen molar-refractivity contribution in [2.24, 2.45) is 0 Å². The minimum Gasteiger partial charge on any atom is -0.494 e. The first-order valence-corrected chi connectivity index (χ1v) is 18.1. The Morgan fingerprint density at radius 1 is 0.735 bits per heavy atom. The van der Waals surface area contributed by atoms with Gasteiger partial charge in [-0.05, 0) is 90.6 Å². The van der Waals surface area contributed by atoms with Crippen LogP contribution < -0.4 is 18.9 Å². The van der Waals surface area contributed by atoms with E-state index < -0.39 is 18.5 Å². The van der Waals surface area contributed by atoms with Crippen LogP contribution in [0.5, 0.6) is 23.0 Å². The lowest BCUT2D eigenvalue weighted by molar-refractivity contribution is -0.284. The lowest BCUT2D eigenvalue weighted by Crippen LogP contribution is -2.36. The Morgan fingerprint density at radius 3 is 1.94 bits per heavy atom. The lowest BCUT2D eigenvalue weighted by Gasteiger charge is -2.43. The highest BCUT2D eigenvalue weighted by Crippen LogP contribution is 2.52. The van der Waals surface area contributed by atoms with Gasteiger partial charge < -0.3 is 28.4 Å². The molecule has 13 heteroatoms. The molecule has 49 heavy (non-hydrogen) atoms. The second-order valence-electron chi connectivity index (χ2n) is 11.8. The Morgan fingerprint density at radius 2 is 1.31 bits per heavy atom. The molecule has 3 aromatic carbocycles. The van der Waals surface area contributed by atoms with Gasteiger partial charge in [-0.3, -0.25) is 0 Å². The van der Waals surface area contributed by atoms with Gasteiger partial charge in [-0.2, -0.15) is 33.7 Å². The third kappa shape index (κ3) is 11.1. The van der Waals surface area contributed by atoms with Crippen LogP contribution in [0.4, 0.5) is 22.0 Å². The predicted octanol–water partition coefficient (Wildman–Crippen LogP) is 9.75. The van der Waals surface area contributed by atoms with Crippen LogP contribution in [0.1, 0.15) is 49.7 Å². The van der Waals surface area contributed by atoms with Gasteiger partial charge in [-0.25, -0.2) is 0 Å². The van der Waals surface area contributed by atoms with Gasteiger partial charge in [0.05, 0.1) is 13.2 Å². The van der Waals surface area contributed by atoms with Crippen molar-refractivity contribution in [3.05, 3.63) is 77.9 Å². The van der Waals surface area contributed by atoms with Crippen LogP contribution in [-0.4, -0.2) is 70.4 Å². The summed E-state index contributed by atoms with van der Waals surface area (Å²) >= 11 is 3.11. The number of ether oxygens (including phenoxy) is 6. The van der Waals surface area contributed by atoms with Gasteiger partial charge in [0.15, 0.2) is 13.6 Å². The smallest absolute Gasteiger partial charge is 0.453 e. The minimum absolute atomic E-state index is 0.141. The number of methoxy groups -OCH3 is 2. The summed E-state index contributed by atoms with van der Waals surface area (Å²) in [4.78, 5) is 1.20. The van der Waals surface area contributed by atoms with E-state index in [1.165, 1.54) is 27.8 Å². The van der Waals surface area contributed by atoms with E-state index >= 15 is 0 Å². The summed E-state index contributed by atoms with van der Waals surface area (Å²) in [5.74, 6) is 0.0136. The van der Waals surface area contributed by atoms with E-state index in [1.54, 1.807) is 26.4 Å². The molecule has 6 nitrogen and oxygen atoms in total. The van der Waals surface area contributed by atoms with Crippen molar-refractivity contribution in [1.29, 1.82) is 0 Å². The first-order valence-electron chi connectivity index (χ1n) is 16.0. The highest BCUT2D eigenvalue weighted by molar-refractivity contribution is 7.99. The van der Waals surface area contributed by atoms with Gasteiger partial charge in [0.2, 0.25) is 0 Å². The number of hydrogen-bond acceptors (Lipinski definition) is 8. The van der Waals surface area contributed by atoms with Gasteiger partial charge in [0.1, 0.15) is 23.0 Å². The van der Waals surface area contributed by atoms with Crippen molar-refractivity contribution < 1.29 is 50.4 Å². The maximum absolute atomic E-state index is 13.0. The zero-order valence-electron chi connectivity index (χ0n) is 27.9. The average Bonchev–Trinajstić information content (AvgIpc) is 3.08. The topological polar surface area (TPSA) is 55.4 Å². The Balaban J connectivity index is 1.29. The van der Waals surface area contributed by atoms with Crippen molar-refractivity contribution in [2.45, 2.75) is 60.9 Å². The lowest BCUT2D eigenvalue weighted by atomic mass is 9.68. The van der Waals surface area contributed by atoms with E-state index in [0.717, 1.165) is 30.1 Å². The number of fused-ring (bicyclic) bond motifs is 1. The number of halogens is 5. The number of benzene rings is 3. The molecule has 1 aliphatic rings. The van der Waals surface area contributed by atoms with Crippen LogP contribution in [-0.2, 0) is 14.9 Å². The molecule has 3 aromatic rings. The van der Waals surface area contributed by atoms with Gasteiger partial charge in [0.25, 0.3) is 0 Å². The second-order valence-corrected chi connectivity index (χ2v) is 14.1. The summed E-state index contributed by atoms with van der Waals surface area (Å²) in [5.41, 5.74) is 2.37. The summed E-state index contributed by atoms with van der Waals surface area (Å²) in [6.45, 7) is 3.53. The molecular weight excluding hydrogens is 688 g/mol. The fourth-order valence-electron chi connectivity index (χ4n) is 5.60. The SMILES string of the molecule is COCOc1ccc([C@@]2(C)CSc3cc(OCOC)ccc3[C@@H]2CCCOc2ccc(OCCSCCCC(F)(F)C(F)(F)F)cc2)cc1. The number of rotatable bonds is 20. The highest BCUT2D eigenvalue weighted by atomic mass is 32.2. The molecule has 4 rings (SSSR count). The third-order valence-corrected chi connectivity index (χ3v) is 10.7. The van der Waals surface area contributed by atoms with E-state index in [1.807, 2.05) is 42.1 Å². The van der Waals surface area contributed by atoms with Crippen LogP contribution in [0.15, 0.2) is 71.6 Å². The van der Waals surface area contributed by atoms with E-state index in [9.17, 15) is 22.0 Å². The van der Waals surface area contributed by atoms with Gasteiger partial charge >= 0.3 is 12.1 Å². The van der Waals surface area contributed by atoms with Crippen LogP contribution in [0.3, 0.4) is 0 Å². The molecule has 0 N–H and O–H groups in total. The van der Waals surface area contributed by atoms with Crippen LogP contribution in [0.25, 0.3) is 0 Å². The van der Waals surface area contributed by atoms with E-state index in [2.05, 4.69) is 31.2 Å². The number of alkyl halides is 5. The quantitative estimate of drug-likeness (QED) is 0.0648. The van der Waals surface area contributed by atoms with Crippen molar-refractivity contribution in [1.82, 2.24) is 0 Å². The standard InChI is InChI=1S/C36H43F5O6S2/c1-34(26-7-9-29(10-8-26)46-24-42-2)23-49-33-22-30(47-25-43-3)15-16-31(33)32(34)6-4-18-44-27-11-13-28(14-12-27)45-19-21-48-20-5-17-35(37,38)36(39,40)41/h7-16,22,32H,4-6,17-21,23-25H2,1-3H3/t32-,34+/m0/s1. The first kappa shape index (κ1) is 38.9. The molecular formula is C36H43F5O6S2. The monoisotopic (exact) mass is 730 g/mol. The Hall–Kier alpha value is -2.87. The molecule has 1 heterocycles. The average molecular weight is 731 g/mol. The highest BCUT2D eigenvalue weighted by Gasteiger charge is 2.56. The Bertz CT molecular complexity index is 1420. The zero-order chi connectivity index (χ0) is 35.3. The van der Waals surface area contributed by atoms with E-state index in [0.29, 0.717) is 30.5 Å². The zero-order valence-corrected chi connectivity index (χ0v) is 29.5. The molecule has 0 saturated heterocycles. The second kappa shape index (κ2) is 18.4.